The molecule has 1 aromatic carbocycles. The van der Waals surface area contributed by atoms with E-state index in [1.54, 1.807) is 6.07 Å². The predicted octanol–water partition coefficient (Wildman–Crippen LogP) is 3.53. The molecule has 3 nitrogen and oxygen atoms in total. The zero-order chi connectivity index (χ0) is 13.3. The molecule has 18 heavy (non-hydrogen) atoms. The van der Waals surface area contributed by atoms with Gasteiger partial charge in [-0.15, -0.1) is 0 Å². The van der Waals surface area contributed by atoms with E-state index >= 15 is 0 Å². The molecule has 3 N–H and O–H groups in total. The van der Waals surface area contributed by atoms with Crippen molar-refractivity contribution in [3.63, 3.8) is 0 Å². The van der Waals surface area contributed by atoms with Crippen molar-refractivity contribution >= 4 is 27.5 Å². The second-order valence-corrected chi connectivity index (χ2v) is 4.78. The SMILES string of the molecule is NNC(c1cc(F)c(Cl)cc1F)c1occc1Br. The van der Waals surface area contributed by atoms with Gasteiger partial charge >= 0.3 is 0 Å². The van der Waals surface area contributed by atoms with Crippen LogP contribution in [0.1, 0.15) is 17.4 Å². The summed E-state index contributed by atoms with van der Waals surface area (Å²) in [5.74, 6) is 4.32. The van der Waals surface area contributed by atoms with Crippen molar-refractivity contribution in [3.8, 4) is 0 Å². The first-order chi connectivity index (χ1) is 8.54. The number of benzene rings is 1. The van der Waals surface area contributed by atoms with Gasteiger partial charge in [-0.05, 0) is 34.1 Å². The lowest BCUT2D eigenvalue weighted by atomic mass is 10.0. The van der Waals surface area contributed by atoms with E-state index in [4.69, 9.17) is 21.9 Å². The monoisotopic (exact) mass is 336 g/mol. The number of nitrogens with two attached hydrogens (primary N) is 1. The number of furan rings is 1. The summed E-state index contributed by atoms with van der Waals surface area (Å²) in [4.78, 5) is 0. The molecular formula is C11H8BrClF2N2O. The van der Waals surface area contributed by atoms with Crippen LogP contribution in [0.3, 0.4) is 0 Å². The van der Waals surface area contributed by atoms with Gasteiger partial charge in [-0.2, -0.15) is 0 Å². The van der Waals surface area contributed by atoms with Crippen LogP contribution in [0.15, 0.2) is 33.4 Å². The van der Waals surface area contributed by atoms with Crippen LogP contribution < -0.4 is 11.3 Å². The Hall–Kier alpha value is -0.950. The van der Waals surface area contributed by atoms with Gasteiger partial charge in [0.25, 0.3) is 0 Å². The zero-order valence-electron chi connectivity index (χ0n) is 8.88. The van der Waals surface area contributed by atoms with Crippen LogP contribution in [0, 0.1) is 11.6 Å². The third-order valence-electron chi connectivity index (χ3n) is 2.42. The van der Waals surface area contributed by atoms with Crippen LogP contribution in [0.5, 0.6) is 0 Å². The van der Waals surface area contributed by atoms with E-state index in [0.29, 0.717) is 10.2 Å². The summed E-state index contributed by atoms with van der Waals surface area (Å²) in [6.07, 6.45) is 1.41. The van der Waals surface area contributed by atoms with Gasteiger partial charge < -0.3 is 4.42 Å². The molecule has 0 bridgehead atoms. The molecule has 1 aromatic heterocycles. The first-order valence-electron chi connectivity index (χ1n) is 4.88. The molecule has 0 fully saturated rings. The molecule has 0 amide bonds. The Balaban J connectivity index is 2.52. The maximum Gasteiger partial charge on any atom is 0.142 e. The Bertz CT molecular complexity index is 576. The van der Waals surface area contributed by atoms with Crippen molar-refractivity contribution in [1.29, 1.82) is 0 Å². The van der Waals surface area contributed by atoms with E-state index in [1.165, 1.54) is 6.26 Å². The third kappa shape index (κ3) is 2.42. The highest BCUT2D eigenvalue weighted by Gasteiger charge is 2.23. The first kappa shape index (κ1) is 13.5. The predicted molar refractivity (Wildman–Crippen MR) is 66.9 cm³/mol. The average Bonchev–Trinajstić information content (AvgIpc) is 2.73. The van der Waals surface area contributed by atoms with Crippen molar-refractivity contribution in [3.05, 3.63) is 56.9 Å². The van der Waals surface area contributed by atoms with E-state index in [0.717, 1.165) is 12.1 Å². The molecule has 2 rings (SSSR count). The summed E-state index contributed by atoms with van der Waals surface area (Å²) in [5, 5.41) is -0.287. The largest absolute Gasteiger partial charge is 0.466 e. The minimum absolute atomic E-state index is 0.00931. The topological polar surface area (TPSA) is 51.2 Å². The van der Waals surface area contributed by atoms with Gasteiger partial charge in [0.1, 0.15) is 23.4 Å². The van der Waals surface area contributed by atoms with Gasteiger partial charge in [0.05, 0.1) is 15.8 Å². The zero-order valence-corrected chi connectivity index (χ0v) is 11.2. The van der Waals surface area contributed by atoms with Gasteiger partial charge in [-0.25, -0.2) is 14.2 Å². The van der Waals surface area contributed by atoms with Crippen molar-refractivity contribution in [2.75, 3.05) is 0 Å². The minimum Gasteiger partial charge on any atom is -0.466 e. The fourth-order valence-electron chi connectivity index (χ4n) is 1.58. The summed E-state index contributed by atoms with van der Waals surface area (Å²) < 4.78 is 33.0. The maximum absolute atomic E-state index is 13.8. The van der Waals surface area contributed by atoms with Crippen LogP contribution in [0.4, 0.5) is 8.78 Å². The van der Waals surface area contributed by atoms with Crippen LogP contribution in [-0.2, 0) is 0 Å². The standard InChI is InChI=1S/C11H8BrClF2N2O/c12-6-1-2-18-11(6)10(17-16)5-3-9(15)7(13)4-8(5)14/h1-4,10,17H,16H2. The van der Waals surface area contributed by atoms with Crippen molar-refractivity contribution in [2.45, 2.75) is 6.04 Å². The molecule has 0 aliphatic rings. The fraction of sp³-hybridized carbons (Fsp3) is 0.0909. The van der Waals surface area contributed by atoms with Gasteiger partial charge in [-0.3, -0.25) is 5.84 Å². The molecular weight excluding hydrogens is 329 g/mol. The number of rotatable bonds is 3. The normalized spacial score (nSPS) is 12.7. The number of hydrazine groups is 1. The lowest BCUT2D eigenvalue weighted by Crippen LogP contribution is -2.29. The fourth-order valence-corrected chi connectivity index (χ4v) is 2.16. The number of nitrogens with one attached hydrogen (secondary N) is 1. The maximum atomic E-state index is 13.8. The van der Waals surface area contributed by atoms with Crippen molar-refractivity contribution in [1.82, 2.24) is 5.43 Å². The van der Waals surface area contributed by atoms with E-state index in [9.17, 15) is 8.78 Å². The van der Waals surface area contributed by atoms with Crippen molar-refractivity contribution in [2.24, 2.45) is 5.84 Å². The Kier molecular flexibility index (Phi) is 4.01. The summed E-state index contributed by atoms with van der Waals surface area (Å²) in [6.45, 7) is 0. The molecule has 0 saturated heterocycles. The lowest BCUT2D eigenvalue weighted by molar-refractivity contribution is 0.437. The van der Waals surface area contributed by atoms with Gasteiger partial charge in [-0.1, -0.05) is 11.6 Å². The molecule has 0 radical (unpaired) electrons. The second-order valence-electron chi connectivity index (χ2n) is 3.52. The molecule has 1 heterocycles. The van der Waals surface area contributed by atoms with E-state index < -0.39 is 17.7 Å². The Morgan fingerprint density at radius 2 is 2.06 bits per heavy atom. The quantitative estimate of drug-likeness (QED) is 0.512. The molecule has 0 aliphatic carbocycles. The van der Waals surface area contributed by atoms with E-state index in [1.807, 2.05) is 0 Å². The lowest BCUT2D eigenvalue weighted by Gasteiger charge is -2.15. The summed E-state index contributed by atoms with van der Waals surface area (Å²) in [5.41, 5.74) is 2.38. The number of hydrogen-bond acceptors (Lipinski definition) is 3. The smallest absolute Gasteiger partial charge is 0.142 e. The first-order valence-corrected chi connectivity index (χ1v) is 6.05. The molecule has 1 unspecified atom stereocenters. The van der Waals surface area contributed by atoms with Crippen LogP contribution in [-0.4, -0.2) is 0 Å². The molecule has 2 aromatic rings. The van der Waals surface area contributed by atoms with Gasteiger partial charge in [0.15, 0.2) is 0 Å². The summed E-state index contributed by atoms with van der Waals surface area (Å²) in [7, 11) is 0. The summed E-state index contributed by atoms with van der Waals surface area (Å²) >= 11 is 8.72. The molecule has 1 atom stereocenters. The highest BCUT2D eigenvalue weighted by Crippen LogP contribution is 2.32. The van der Waals surface area contributed by atoms with Crippen LogP contribution in [0.2, 0.25) is 5.02 Å². The van der Waals surface area contributed by atoms with E-state index in [2.05, 4.69) is 21.4 Å². The highest BCUT2D eigenvalue weighted by molar-refractivity contribution is 9.10. The van der Waals surface area contributed by atoms with Gasteiger partial charge in [0, 0.05) is 5.56 Å². The Morgan fingerprint density at radius 1 is 1.33 bits per heavy atom. The average molecular weight is 338 g/mol. The Labute approximate surface area is 115 Å². The third-order valence-corrected chi connectivity index (χ3v) is 3.37. The molecule has 0 aliphatic heterocycles. The Morgan fingerprint density at radius 3 is 2.61 bits per heavy atom. The second kappa shape index (κ2) is 5.36. The number of halogens is 4. The van der Waals surface area contributed by atoms with Crippen LogP contribution in [0.25, 0.3) is 0 Å². The van der Waals surface area contributed by atoms with Crippen LogP contribution >= 0.6 is 27.5 Å². The van der Waals surface area contributed by atoms with Crippen molar-refractivity contribution < 1.29 is 13.2 Å². The van der Waals surface area contributed by atoms with Gasteiger partial charge in [0.2, 0.25) is 0 Å². The molecule has 96 valence electrons. The molecule has 0 spiro atoms. The minimum atomic E-state index is -0.818. The number of hydrogen-bond donors (Lipinski definition) is 2. The molecule has 0 saturated carbocycles. The highest BCUT2D eigenvalue weighted by atomic mass is 79.9. The molecule has 7 heteroatoms. The summed E-state index contributed by atoms with van der Waals surface area (Å²) in [6, 6.07) is 2.69. The van der Waals surface area contributed by atoms with E-state index in [-0.39, 0.29) is 10.6 Å².